The Hall–Kier alpha value is -2.39. The zero-order valence-corrected chi connectivity index (χ0v) is 17.4. The first kappa shape index (κ1) is 21.3. The zero-order chi connectivity index (χ0) is 20.6. The molecule has 0 bridgehead atoms. The summed E-state index contributed by atoms with van der Waals surface area (Å²) in [6.07, 6.45) is 0.678. The van der Waals surface area contributed by atoms with Gasteiger partial charge in [0.05, 0.1) is 5.75 Å². The van der Waals surface area contributed by atoms with Crippen molar-refractivity contribution in [1.82, 2.24) is 14.8 Å². The van der Waals surface area contributed by atoms with Crippen molar-refractivity contribution in [2.75, 3.05) is 11.1 Å². The molecule has 0 aliphatic carbocycles. The minimum atomic E-state index is -2.46. The molecule has 1 amide bonds. The van der Waals surface area contributed by atoms with Gasteiger partial charge in [-0.25, -0.2) is 0 Å². The van der Waals surface area contributed by atoms with E-state index in [9.17, 15) is 13.6 Å². The standard InChI is InChI=1S/C20H20F2N4OS2/c1-2-26-17(12-14-6-4-3-5-7-14)24-25-20(26)28-13-18(27)23-15-8-10-16(11-9-15)29-19(21)22/h3-11,19H,2,12-13H2,1H3,(H,23,27). The number of carbonyl (C=O) groups excluding carboxylic acids is 1. The number of hydrogen-bond donors (Lipinski definition) is 1. The van der Waals surface area contributed by atoms with Crippen molar-refractivity contribution in [1.29, 1.82) is 0 Å². The van der Waals surface area contributed by atoms with Crippen LogP contribution in [-0.2, 0) is 17.8 Å². The quantitative estimate of drug-likeness (QED) is 0.484. The third kappa shape index (κ3) is 6.30. The molecule has 3 aromatic rings. The van der Waals surface area contributed by atoms with E-state index in [4.69, 9.17) is 0 Å². The van der Waals surface area contributed by atoms with Crippen LogP contribution in [0.2, 0.25) is 0 Å². The van der Waals surface area contributed by atoms with Crippen LogP contribution >= 0.6 is 23.5 Å². The number of carbonyl (C=O) groups is 1. The van der Waals surface area contributed by atoms with Crippen LogP contribution in [-0.4, -0.2) is 32.2 Å². The normalized spacial score (nSPS) is 11.0. The molecule has 0 saturated carbocycles. The molecule has 2 aromatic carbocycles. The van der Waals surface area contributed by atoms with E-state index in [1.807, 2.05) is 41.8 Å². The van der Waals surface area contributed by atoms with Crippen molar-refractivity contribution in [3.8, 4) is 0 Å². The van der Waals surface area contributed by atoms with Gasteiger partial charge in [-0.3, -0.25) is 4.79 Å². The van der Waals surface area contributed by atoms with Gasteiger partial charge in [0.25, 0.3) is 5.76 Å². The summed E-state index contributed by atoms with van der Waals surface area (Å²) in [5.41, 5.74) is 1.72. The molecule has 1 aromatic heterocycles. The Kier molecular flexibility index (Phi) is 7.65. The van der Waals surface area contributed by atoms with Gasteiger partial charge in [0.15, 0.2) is 5.16 Å². The van der Waals surface area contributed by atoms with Gasteiger partial charge in [-0.05, 0) is 36.8 Å². The van der Waals surface area contributed by atoms with E-state index >= 15 is 0 Å². The van der Waals surface area contributed by atoms with Crippen molar-refractivity contribution in [3.05, 3.63) is 66.0 Å². The number of rotatable bonds is 9. The lowest BCUT2D eigenvalue weighted by Crippen LogP contribution is -2.14. The molecule has 0 atom stereocenters. The van der Waals surface area contributed by atoms with Gasteiger partial charge in [0.1, 0.15) is 5.82 Å². The summed E-state index contributed by atoms with van der Waals surface area (Å²) in [6.45, 7) is 2.73. The molecule has 3 rings (SSSR count). The summed E-state index contributed by atoms with van der Waals surface area (Å²) in [5, 5.41) is 12.0. The minimum Gasteiger partial charge on any atom is -0.325 e. The lowest BCUT2D eigenvalue weighted by Gasteiger charge is -2.08. The number of alkyl halides is 2. The van der Waals surface area contributed by atoms with Crippen LogP contribution in [0.1, 0.15) is 18.3 Å². The molecule has 0 spiro atoms. The molecule has 5 nitrogen and oxygen atoms in total. The molecule has 1 heterocycles. The SMILES string of the molecule is CCn1c(Cc2ccccc2)nnc1SCC(=O)Nc1ccc(SC(F)F)cc1. The molecule has 0 unspecified atom stereocenters. The average molecular weight is 435 g/mol. The highest BCUT2D eigenvalue weighted by Gasteiger charge is 2.14. The number of anilines is 1. The fourth-order valence-electron chi connectivity index (χ4n) is 2.70. The summed E-state index contributed by atoms with van der Waals surface area (Å²) in [5.74, 6) is -1.63. The van der Waals surface area contributed by atoms with Gasteiger partial charge in [0.2, 0.25) is 5.91 Å². The monoisotopic (exact) mass is 434 g/mol. The maximum absolute atomic E-state index is 12.4. The number of benzene rings is 2. The van der Waals surface area contributed by atoms with Crippen LogP contribution in [0.15, 0.2) is 64.6 Å². The third-order valence-electron chi connectivity index (χ3n) is 4.01. The smallest absolute Gasteiger partial charge is 0.288 e. The zero-order valence-electron chi connectivity index (χ0n) is 15.7. The van der Waals surface area contributed by atoms with Gasteiger partial charge in [-0.2, -0.15) is 8.78 Å². The number of hydrogen-bond acceptors (Lipinski definition) is 5. The van der Waals surface area contributed by atoms with Crippen molar-refractivity contribution < 1.29 is 13.6 Å². The molecular weight excluding hydrogens is 414 g/mol. The summed E-state index contributed by atoms with van der Waals surface area (Å²) in [7, 11) is 0. The van der Waals surface area contributed by atoms with Gasteiger partial charge >= 0.3 is 0 Å². The summed E-state index contributed by atoms with van der Waals surface area (Å²) in [4.78, 5) is 12.7. The Bertz CT molecular complexity index is 933. The van der Waals surface area contributed by atoms with Crippen LogP contribution in [0.25, 0.3) is 0 Å². The van der Waals surface area contributed by atoms with E-state index in [1.165, 1.54) is 11.8 Å². The number of thioether (sulfide) groups is 2. The van der Waals surface area contributed by atoms with Crippen molar-refractivity contribution in [3.63, 3.8) is 0 Å². The second kappa shape index (κ2) is 10.4. The molecular formula is C20H20F2N4OS2. The van der Waals surface area contributed by atoms with E-state index in [-0.39, 0.29) is 11.7 Å². The Labute approximate surface area is 176 Å². The predicted octanol–water partition coefficient (Wildman–Crippen LogP) is 4.93. The highest BCUT2D eigenvalue weighted by molar-refractivity contribution is 8.00. The maximum Gasteiger partial charge on any atom is 0.288 e. The van der Waals surface area contributed by atoms with Crippen LogP contribution in [0.5, 0.6) is 0 Å². The topological polar surface area (TPSA) is 59.8 Å². The third-order valence-corrected chi connectivity index (χ3v) is 5.70. The van der Waals surface area contributed by atoms with E-state index in [0.717, 1.165) is 11.4 Å². The fourth-order valence-corrected chi connectivity index (χ4v) is 4.02. The Morgan fingerprint density at radius 2 is 1.83 bits per heavy atom. The van der Waals surface area contributed by atoms with E-state index < -0.39 is 5.76 Å². The van der Waals surface area contributed by atoms with E-state index in [1.54, 1.807) is 24.3 Å². The van der Waals surface area contributed by atoms with Crippen LogP contribution in [0.3, 0.4) is 0 Å². The van der Waals surface area contributed by atoms with Gasteiger partial charge in [-0.1, -0.05) is 53.9 Å². The lowest BCUT2D eigenvalue weighted by molar-refractivity contribution is -0.113. The molecule has 1 N–H and O–H groups in total. The first-order chi connectivity index (χ1) is 14.0. The minimum absolute atomic E-state index is 0.178. The number of amides is 1. The Morgan fingerprint density at radius 1 is 1.10 bits per heavy atom. The van der Waals surface area contributed by atoms with Crippen molar-refractivity contribution in [2.24, 2.45) is 0 Å². The second-order valence-electron chi connectivity index (χ2n) is 6.05. The summed E-state index contributed by atoms with van der Waals surface area (Å²) in [6, 6.07) is 16.4. The molecule has 0 aliphatic rings. The van der Waals surface area contributed by atoms with E-state index in [2.05, 4.69) is 15.5 Å². The van der Waals surface area contributed by atoms with Crippen molar-refractivity contribution >= 4 is 35.1 Å². The number of halogens is 2. The largest absolute Gasteiger partial charge is 0.325 e. The molecule has 0 saturated heterocycles. The van der Waals surface area contributed by atoms with E-state index in [0.29, 0.717) is 40.5 Å². The van der Waals surface area contributed by atoms with Crippen LogP contribution in [0, 0.1) is 0 Å². The molecule has 29 heavy (non-hydrogen) atoms. The number of aromatic nitrogens is 3. The van der Waals surface area contributed by atoms with Gasteiger partial charge in [-0.15, -0.1) is 10.2 Å². The Balaban J connectivity index is 1.56. The van der Waals surface area contributed by atoms with Crippen LogP contribution in [0.4, 0.5) is 14.5 Å². The van der Waals surface area contributed by atoms with Gasteiger partial charge < -0.3 is 9.88 Å². The highest BCUT2D eigenvalue weighted by Crippen LogP contribution is 2.26. The molecule has 0 fully saturated rings. The average Bonchev–Trinajstić information content (AvgIpc) is 3.09. The molecule has 152 valence electrons. The van der Waals surface area contributed by atoms with Crippen LogP contribution < -0.4 is 5.32 Å². The van der Waals surface area contributed by atoms with Crippen molar-refractivity contribution in [2.45, 2.75) is 35.7 Å². The fraction of sp³-hybridized carbons (Fsp3) is 0.250. The predicted molar refractivity (Wildman–Crippen MR) is 113 cm³/mol. The summed E-state index contributed by atoms with van der Waals surface area (Å²) >= 11 is 1.79. The number of nitrogens with one attached hydrogen (secondary N) is 1. The van der Waals surface area contributed by atoms with Gasteiger partial charge in [0, 0.05) is 23.5 Å². The first-order valence-electron chi connectivity index (χ1n) is 8.98. The molecule has 9 heteroatoms. The Morgan fingerprint density at radius 3 is 2.48 bits per heavy atom. The number of nitrogens with zero attached hydrogens (tertiary/aromatic N) is 3. The summed E-state index contributed by atoms with van der Waals surface area (Å²) < 4.78 is 26.7. The molecule has 0 radical (unpaired) electrons. The highest BCUT2D eigenvalue weighted by atomic mass is 32.2. The second-order valence-corrected chi connectivity index (χ2v) is 8.05. The first-order valence-corrected chi connectivity index (χ1v) is 10.8. The lowest BCUT2D eigenvalue weighted by atomic mass is 10.1. The maximum atomic E-state index is 12.4. The molecule has 0 aliphatic heterocycles.